The Morgan fingerprint density at radius 1 is 1.39 bits per heavy atom. The lowest BCUT2D eigenvalue weighted by Gasteiger charge is -2.33. The number of likely N-dealkylation sites (tertiary alicyclic amines) is 1. The first kappa shape index (κ1) is 16.1. The number of nitrogens with zero attached hydrogens (tertiary/aromatic N) is 1. The second-order valence-electron chi connectivity index (χ2n) is 7.22. The van der Waals surface area contributed by atoms with Crippen LogP contribution in [-0.4, -0.2) is 34.1 Å². The van der Waals surface area contributed by atoms with Crippen molar-refractivity contribution in [2.45, 2.75) is 58.6 Å². The van der Waals surface area contributed by atoms with Crippen molar-refractivity contribution in [2.75, 3.05) is 6.54 Å². The van der Waals surface area contributed by atoms with Gasteiger partial charge in [0.2, 0.25) is 5.91 Å². The van der Waals surface area contributed by atoms with E-state index in [0.29, 0.717) is 6.42 Å². The van der Waals surface area contributed by atoms with Gasteiger partial charge in [-0.05, 0) is 51.7 Å². The molecule has 23 heavy (non-hydrogen) atoms. The van der Waals surface area contributed by atoms with E-state index in [1.165, 1.54) is 5.56 Å². The van der Waals surface area contributed by atoms with Crippen molar-refractivity contribution in [3.05, 3.63) is 35.1 Å². The number of benzene rings is 1. The van der Waals surface area contributed by atoms with Crippen LogP contribution in [0.2, 0.25) is 0 Å². The van der Waals surface area contributed by atoms with Gasteiger partial charge in [-0.2, -0.15) is 0 Å². The Morgan fingerprint density at radius 3 is 2.83 bits per heavy atom. The van der Waals surface area contributed by atoms with E-state index in [9.17, 15) is 9.90 Å². The zero-order valence-corrected chi connectivity index (χ0v) is 14.3. The summed E-state index contributed by atoms with van der Waals surface area (Å²) in [4.78, 5) is 14.6. The Labute approximate surface area is 137 Å². The molecule has 4 heteroatoms. The average molecular weight is 315 g/mol. The molecule has 2 aromatic rings. The number of amides is 1. The zero-order chi connectivity index (χ0) is 16.8. The molecule has 1 fully saturated rings. The largest absolute Gasteiger partial charge is 0.464 e. The van der Waals surface area contributed by atoms with Gasteiger partial charge in [-0.15, -0.1) is 0 Å². The summed E-state index contributed by atoms with van der Waals surface area (Å²) in [6.07, 6.45) is 3.83. The van der Waals surface area contributed by atoms with Crippen LogP contribution in [0.1, 0.15) is 43.4 Å². The number of rotatable bonds is 3. The maximum Gasteiger partial charge on any atom is 0.227 e. The van der Waals surface area contributed by atoms with E-state index in [-0.39, 0.29) is 11.9 Å². The molecule has 1 saturated heterocycles. The molecular weight excluding hydrogens is 290 g/mol. The fourth-order valence-corrected chi connectivity index (χ4v) is 3.59. The van der Waals surface area contributed by atoms with Crippen LogP contribution in [0.15, 0.2) is 22.8 Å². The predicted octanol–water partition coefficient (Wildman–Crippen LogP) is 3.35. The smallest absolute Gasteiger partial charge is 0.227 e. The first-order valence-corrected chi connectivity index (χ1v) is 8.27. The van der Waals surface area contributed by atoms with Crippen molar-refractivity contribution in [3.63, 3.8) is 0 Å². The predicted molar refractivity (Wildman–Crippen MR) is 90.4 cm³/mol. The molecule has 0 radical (unpaired) electrons. The first-order chi connectivity index (χ1) is 10.8. The lowest BCUT2D eigenvalue weighted by molar-refractivity contribution is -0.135. The summed E-state index contributed by atoms with van der Waals surface area (Å²) in [7, 11) is 0. The molecule has 1 aliphatic heterocycles. The van der Waals surface area contributed by atoms with Gasteiger partial charge >= 0.3 is 0 Å². The highest BCUT2D eigenvalue weighted by atomic mass is 16.3. The number of hydrogen-bond donors (Lipinski definition) is 1. The number of hydrogen-bond acceptors (Lipinski definition) is 3. The lowest BCUT2D eigenvalue weighted by atomic mass is 9.96. The maximum atomic E-state index is 12.7. The number of fused-ring (bicyclic) bond motifs is 1. The standard InChI is InChI=1S/C19H25NO3/c1-12-7-8-15-14(11-23-18(15)13(12)2)10-17(21)20-9-5-6-16(20)19(3,4)22/h7-8,11,16,22H,5-6,9-10H2,1-4H3. The molecule has 2 heterocycles. The van der Waals surface area contributed by atoms with E-state index >= 15 is 0 Å². The van der Waals surface area contributed by atoms with Gasteiger partial charge in [-0.25, -0.2) is 0 Å². The summed E-state index contributed by atoms with van der Waals surface area (Å²) in [6, 6.07) is 4.00. The lowest BCUT2D eigenvalue weighted by Crippen LogP contribution is -2.48. The minimum atomic E-state index is -0.863. The molecule has 3 rings (SSSR count). The van der Waals surface area contributed by atoms with Gasteiger partial charge in [0, 0.05) is 17.5 Å². The Morgan fingerprint density at radius 2 is 2.13 bits per heavy atom. The van der Waals surface area contributed by atoms with Gasteiger partial charge in [0.15, 0.2) is 0 Å². The number of furan rings is 1. The third kappa shape index (κ3) is 2.88. The molecule has 0 aliphatic carbocycles. The van der Waals surface area contributed by atoms with Gasteiger partial charge in [-0.3, -0.25) is 4.79 Å². The van der Waals surface area contributed by atoms with E-state index in [0.717, 1.165) is 41.5 Å². The Kier molecular flexibility index (Phi) is 3.96. The van der Waals surface area contributed by atoms with Crippen LogP contribution in [-0.2, 0) is 11.2 Å². The van der Waals surface area contributed by atoms with Gasteiger partial charge in [0.25, 0.3) is 0 Å². The molecule has 124 valence electrons. The quantitative estimate of drug-likeness (QED) is 0.945. The summed E-state index contributed by atoms with van der Waals surface area (Å²) in [6.45, 7) is 8.38. The first-order valence-electron chi connectivity index (χ1n) is 8.27. The Balaban J connectivity index is 1.85. The van der Waals surface area contributed by atoms with Crippen molar-refractivity contribution in [1.82, 2.24) is 4.90 Å². The molecule has 1 aromatic carbocycles. The van der Waals surface area contributed by atoms with Crippen LogP contribution in [0, 0.1) is 13.8 Å². The van der Waals surface area contributed by atoms with Crippen LogP contribution in [0.5, 0.6) is 0 Å². The second kappa shape index (κ2) is 5.68. The van der Waals surface area contributed by atoms with Crippen molar-refractivity contribution >= 4 is 16.9 Å². The molecule has 1 aromatic heterocycles. The second-order valence-corrected chi connectivity index (χ2v) is 7.22. The van der Waals surface area contributed by atoms with Gasteiger partial charge in [0.05, 0.1) is 24.3 Å². The topological polar surface area (TPSA) is 53.7 Å². The van der Waals surface area contributed by atoms with Crippen LogP contribution < -0.4 is 0 Å². The monoisotopic (exact) mass is 315 g/mol. The minimum absolute atomic E-state index is 0.0653. The minimum Gasteiger partial charge on any atom is -0.464 e. The fraction of sp³-hybridized carbons (Fsp3) is 0.526. The molecule has 1 unspecified atom stereocenters. The van der Waals surface area contributed by atoms with E-state index in [1.54, 1.807) is 20.1 Å². The van der Waals surface area contributed by atoms with Crippen LogP contribution in [0.4, 0.5) is 0 Å². The molecule has 0 saturated carbocycles. The third-order valence-corrected chi connectivity index (χ3v) is 5.07. The maximum absolute atomic E-state index is 12.7. The number of aliphatic hydroxyl groups is 1. The van der Waals surface area contributed by atoms with Gasteiger partial charge in [0.1, 0.15) is 5.58 Å². The van der Waals surface area contributed by atoms with Crippen molar-refractivity contribution in [3.8, 4) is 0 Å². The summed E-state index contributed by atoms with van der Waals surface area (Å²) in [5.74, 6) is 0.0653. The summed E-state index contributed by atoms with van der Waals surface area (Å²) in [5, 5.41) is 11.3. The van der Waals surface area contributed by atoms with Crippen molar-refractivity contribution < 1.29 is 14.3 Å². The zero-order valence-electron chi connectivity index (χ0n) is 14.3. The molecule has 1 N–H and O–H groups in total. The highest BCUT2D eigenvalue weighted by Gasteiger charge is 2.38. The van der Waals surface area contributed by atoms with E-state index in [4.69, 9.17) is 4.42 Å². The van der Waals surface area contributed by atoms with Crippen LogP contribution in [0.25, 0.3) is 11.0 Å². The molecule has 0 bridgehead atoms. The Hall–Kier alpha value is -1.81. The average Bonchev–Trinajstić information content (AvgIpc) is 3.09. The van der Waals surface area contributed by atoms with Crippen molar-refractivity contribution in [1.29, 1.82) is 0 Å². The van der Waals surface area contributed by atoms with Gasteiger partial charge < -0.3 is 14.4 Å². The number of aryl methyl sites for hydroxylation is 2. The number of carbonyl (C=O) groups excluding carboxylic acids is 1. The summed E-state index contributed by atoms with van der Waals surface area (Å²) >= 11 is 0. The molecule has 1 amide bonds. The molecule has 0 spiro atoms. The molecule has 4 nitrogen and oxygen atoms in total. The summed E-state index contributed by atoms with van der Waals surface area (Å²) < 4.78 is 5.70. The molecule has 1 atom stereocenters. The normalized spacial score (nSPS) is 18.8. The summed E-state index contributed by atoms with van der Waals surface area (Å²) in [5.41, 5.74) is 3.24. The van der Waals surface area contributed by atoms with E-state index in [2.05, 4.69) is 13.0 Å². The highest BCUT2D eigenvalue weighted by molar-refractivity contribution is 5.89. The van der Waals surface area contributed by atoms with E-state index in [1.807, 2.05) is 17.9 Å². The Bertz CT molecular complexity index is 739. The van der Waals surface area contributed by atoms with Crippen LogP contribution >= 0.6 is 0 Å². The van der Waals surface area contributed by atoms with Crippen LogP contribution in [0.3, 0.4) is 0 Å². The van der Waals surface area contributed by atoms with Gasteiger partial charge in [-0.1, -0.05) is 12.1 Å². The highest BCUT2D eigenvalue weighted by Crippen LogP contribution is 2.30. The number of carbonyl (C=O) groups is 1. The molecule has 1 aliphatic rings. The SMILES string of the molecule is Cc1ccc2c(CC(=O)N3CCCC3C(C)(C)O)coc2c1C. The third-order valence-electron chi connectivity index (χ3n) is 5.07. The van der Waals surface area contributed by atoms with E-state index < -0.39 is 5.60 Å². The van der Waals surface area contributed by atoms with Crippen molar-refractivity contribution in [2.24, 2.45) is 0 Å². The fourth-order valence-electron chi connectivity index (χ4n) is 3.59. The molecular formula is C19H25NO3.